The first-order valence-corrected chi connectivity index (χ1v) is 9.44. The number of hydrogen-bond donors (Lipinski definition) is 0. The first-order valence-electron chi connectivity index (χ1n) is 9.44. The topological polar surface area (TPSA) is 49.9 Å². The summed E-state index contributed by atoms with van der Waals surface area (Å²) >= 11 is 0. The van der Waals surface area contributed by atoms with Crippen molar-refractivity contribution in [3.05, 3.63) is 42.0 Å². The quantitative estimate of drug-likeness (QED) is 0.737. The van der Waals surface area contributed by atoms with Crippen LogP contribution in [0.1, 0.15) is 33.1 Å². The molecular formula is C21H28N2O3. The summed E-state index contributed by atoms with van der Waals surface area (Å²) in [6.45, 7) is 6.30. The van der Waals surface area contributed by atoms with E-state index in [1.807, 2.05) is 54.0 Å². The van der Waals surface area contributed by atoms with Crippen molar-refractivity contribution in [1.82, 2.24) is 9.80 Å². The summed E-state index contributed by atoms with van der Waals surface area (Å²) in [5, 5.41) is 0. The molecular weight excluding hydrogens is 328 g/mol. The third kappa shape index (κ3) is 4.45. The van der Waals surface area contributed by atoms with E-state index >= 15 is 0 Å². The summed E-state index contributed by atoms with van der Waals surface area (Å²) in [6, 6.07) is 9.67. The first-order chi connectivity index (χ1) is 12.5. The van der Waals surface area contributed by atoms with Gasteiger partial charge in [0.1, 0.15) is 5.75 Å². The zero-order chi connectivity index (χ0) is 18.5. The maximum atomic E-state index is 12.7. The Bertz CT molecular complexity index is 667. The molecule has 3 aliphatic heterocycles. The zero-order valence-electron chi connectivity index (χ0n) is 15.7. The fourth-order valence-corrected chi connectivity index (χ4v) is 3.70. The molecule has 0 aliphatic carbocycles. The van der Waals surface area contributed by atoms with E-state index in [-0.39, 0.29) is 23.8 Å². The molecule has 0 aromatic heterocycles. The molecule has 3 heterocycles. The Morgan fingerprint density at radius 3 is 2.69 bits per heavy atom. The van der Waals surface area contributed by atoms with Crippen LogP contribution in [0.15, 0.2) is 42.0 Å². The van der Waals surface area contributed by atoms with Gasteiger partial charge in [-0.3, -0.25) is 9.59 Å². The predicted molar refractivity (Wildman–Crippen MR) is 101 cm³/mol. The number of allylic oxidation sites excluding steroid dienone is 1. The highest BCUT2D eigenvalue weighted by atomic mass is 16.5. The molecule has 1 aromatic carbocycles. The van der Waals surface area contributed by atoms with Gasteiger partial charge in [-0.2, -0.15) is 0 Å². The number of ether oxygens (including phenoxy) is 1. The van der Waals surface area contributed by atoms with E-state index in [0.29, 0.717) is 32.7 Å². The van der Waals surface area contributed by atoms with E-state index in [0.717, 1.165) is 18.6 Å². The van der Waals surface area contributed by atoms with Crippen LogP contribution in [0.3, 0.4) is 0 Å². The van der Waals surface area contributed by atoms with Crippen molar-refractivity contribution in [1.29, 1.82) is 0 Å². The maximum absolute atomic E-state index is 12.7. The fourth-order valence-electron chi connectivity index (χ4n) is 3.70. The summed E-state index contributed by atoms with van der Waals surface area (Å²) in [5.41, 5.74) is 1.21. The van der Waals surface area contributed by atoms with Crippen molar-refractivity contribution in [3.8, 4) is 5.75 Å². The van der Waals surface area contributed by atoms with Crippen molar-refractivity contribution in [2.24, 2.45) is 5.92 Å². The predicted octanol–water partition coefficient (Wildman–Crippen LogP) is 2.87. The molecule has 2 atom stereocenters. The minimum Gasteiger partial charge on any atom is -0.493 e. The molecule has 26 heavy (non-hydrogen) atoms. The Morgan fingerprint density at radius 1 is 1.19 bits per heavy atom. The van der Waals surface area contributed by atoms with Crippen molar-refractivity contribution >= 4 is 11.8 Å². The Hall–Kier alpha value is -2.30. The third-order valence-electron chi connectivity index (χ3n) is 5.17. The van der Waals surface area contributed by atoms with Crippen molar-refractivity contribution in [2.75, 3.05) is 26.2 Å². The van der Waals surface area contributed by atoms with Gasteiger partial charge in [0.2, 0.25) is 11.8 Å². The Balaban J connectivity index is 1.57. The minimum atomic E-state index is -0.0571. The van der Waals surface area contributed by atoms with Crippen molar-refractivity contribution in [2.45, 2.75) is 39.2 Å². The van der Waals surface area contributed by atoms with Gasteiger partial charge in [-0.05, 0) is 38.8 Å². The normalized spacial score (nSPS) is 22.2. The molecule has 0 saturated carbocycles. The Labute approximate surface area is 155 Å². The minimum absolute atomic E-state index is 0.0571. The van der Waals surface area contributed by atoms with E-state index in [4.69, 9.17) is 4.74 Å². The number of hydrogen-bond acceptors (Lipinski definition) is 3. The number of fused-ring (bicyclic) bond motifs is 4. The molecule has 2 amide bonds. The molecule has 5 nitrogen and oxygen atoms in total. The summed E-state index contributed by atoms with van der Waals surface area (Å²) in [5.74, 6) is 1.00. The summed E-state index contributed by atoms with van der Waals surface area (Å²) in [6.07, 6.45) is 4.31. The van der Waals surface area contributed by atoms with Gasteiger partial charge in [0.05, 0.1) is 18.9 Å². The van der Waals surface area contributed by atoms with Crippen molar-refractivity contribution in [3.63, 3.8) is 0 Å². The van der Waals surface area contributed by atoms with Crippen LogP contribution in [0.5, 0.6) is 5.75 Å². The zero-order valence-corrected chi connectivity index (χ0v) is 15.7. The molecule has 0 N–H and O–H groups in total. The molecule has 140 valence electrons. The second-order valence-corrected chi connectivity index (χ2v) is 7.41. The van der Waals surface area contributed by atoms with Gasteiger partial charge < -0.3 is 14.5 Å². The monoisotopic (exact) mass is 356 g/mol. The van der Waals surface area contributed by atoms with E-state index in [9.17, 15) is 9.59 Å². The highest BCUT2D eigenvalue weighted by molar-refractivity contribution is 5.83. The van der Waals surface area contributed by atoms with Gasteiger partial charge >= 0.3 is 0 Å². The van der Waals surface area contributed by atoms with Crippen LogP contribution in [0.4, 0.5) is 0 Å². The molecule has 3 aliphatic rings. The van der Waals surface area contributed by atoms with Crippen LogP contribution in [0.2, 0.25) is 0 Å². The molecule has 3 saturated heterocycles. The molecule has 0 radical (unpaired) electrons. The van der Waals surface area contributed by atoms with E-state index in [2.05, 4.69) is 6.08 Å². The smallest absolute Gasteiger partial charge is 0.228 e. The van der Waals surface area contributed by atoms with Crippen molar-refractivity contribution < 1.29 is 14.3 Å². The van der Waals surface area contributed by atoms with E-state index in [1.54, 1.807) is 0 Å². The third-order valence-corrected chi connectivity index (χ3v) is 5.17. The van der Waals surface area contributed by atoms with Crippen LogP contribution in [-0.4, -0.2) is 53.9 Å². The summed E-state index contributed by atoms with van der Waals surface area (Å²) in [4.78, 5) is 29.2. The van der Waals surface area contributed by atoms with Crippen LogP contribution in [0.25, 0.3) is 0 Å². The first kappa shape index (κ1) is 18.5. The Morgan fingerprint density at radius 2 is 1.96 bits per heavy atom. The van der Waals surface area contributed by atoms with Gasteiger partial charge in [0, 0.05) is 25.7 Å². The number of nitrogens with zero attached hydrogens (tertiary/aromatic N) is 2. The highest BCUT2D eigenvalue weighted by Gasteiger charge is 2.41. The summed E-state index contributed by atoms with van der Waals surface area (Å²) in [7, 11) is 0. The molecule has 2 bridgehead atoms. The number of para-hydroxylation sites is 1. The van der Waals surface area contributed by atoms with Gasteiger partial charge in [-0.15, -0.1) is 0 Å². The van der Waals surface area contributed by atoms with Gasteiger partial charge in [0.25, 0.3) is 0 Å². The number of amides is 2. The second kappa shape index (κ2) is 8.39. The molecule has 5 heteroatoms. The van der Waals surface area contributed by atoms with E-state index in [1.165, 1.54) is 5.57 Å². The highest BCUT2D eigenvalue weighted by Crippen LogP contribution is 2.29. The van der Waals surface area contributed by atoms with Crippen LogP contribution < -0.4 is 4.74 Å². The molecule has 1 aromatic rings. The average molecular weight is 356 g/mol. The van der Waals surface area contributed by atoms with Crippen LogP contribution in [0, 0.1) is 5.92 Å². The SMILES string of the molecule is CC(C)=CCN1C(=O)C2CCC1CN(C(=O)CCOc1ccccc1)C2. The number of carbonyl (C=O) groups is 2. The molecule has 2 unspecified atom stereocenters. The average Bonchev–Trinajstić information content (AvgIpc) is 2.92. The van der Waals surface area contributed by atoms with Crippen LogP contribution in [-0.2, 0) is 9.59 Å². The van der Waals surface area contributed by atoms with Crippen LogP contribution >= 0.6 is 0 Å². The largest absolute Gasteiger partial charge is 0.493 e. The fraction of sp³-hybridized carbons (Fsp3) is 0.524. The van der Waals surface area contributed by atoms with Gasteiger partial charge in [-0.1, -0.05) is 29.8 Å². The van der Waals surface area contributed by atoms with Gasteiger partial charge in [0.15, 0.2) is 0 Å². The second-order valence-electron chi connectivity index (χ2n) is 7.41. The molecule has 0 spiro atoms. The lowest BCUT2D eigenvalue weighted by Gasteiger charge is -2.35. The lowest BCUT2D eigenvalue weighted by Crippen LogP contribution is -2.48. The standard InChI is InChI=1S/C21H28N2O3/c1-16(2)10-12-23-18-9-8-17(21(23)25)14-22(15-18)20(24)11-13-26-19-6-4-3-5-7-19/h3-7,10,17-18H,8-9,11-15H2,1-2H3. The molecule has 4 rings (SSSR count). The van der Waals surface area contributed by atoms with Gasteiger partial charge in [-0.25, -0.2) is 0 Å². The van der Waals surface area contributed by atoms with E-state index < -0.39 is 0 Å². The lowest BCUT2D eigenvalue weighted by atomic mass is 9.94. The number of piperidine rings is 1. The lowest BCUT2D eigenvalue weighted by molar-refractivity contribution is -0.139. The Kier molecular flexibility index (Phi) is 5.96. The maximum Gasteiger partial charge on any atom is 0.228 e. The molecule has 3 fully saturated rings. The number of benzene rings is 1. The number of rotatable bonds is 6. The summed E-state index contributed by atoms with van der Waals surface area (Å²) < 4.78 is 5.64. The number of carbonyl (C=O) groups excluding carboxylic acids is 2.